The molecule has 2 aromatic heterocycles. The van der Waals surface area contributed by atoms with Gasteiger partial charge in [-0.1, -0.05) is 12.1 Å². The van der Waals surface area contributed by atoms with Crippen molar-refractivity contribution in [2.45, 2.75) is 6.54 Å². The molecule has 2 aromatic carbocycles. The number of phenolic OH excluding ortho intramolecular Hbond substituents is 1. The third-order valence-electron chi connectivity index (χ3n) is 5.78. The van der Waals surface area contributed by atoms with Crippen LogP contribution in [0.2, 0.25) is 0 Å². The van der Waals surface area contributed by atoms with E-state index in [0.29, 0.717) is 17.2 Å². The molecule has 5 rings (SSSR count). The van der Waals surface area contributed by atoms with Crippen LogP contribution >= 0.6 is 22.6 Å². The first-order valence-electron chi connectivity index (χ1n) is 11.1. The maximum absolute atomic E-state index is 12.5. The van der Waals surface area contributed by atoms with Gasteiger partial charge < -0.3 is 26.2 Å². The van der Waals surface area contributed by atoms with Gasteiger partial charge in [-0.05, 0) is 58.5 Å². The van der Waals surface area contributed by atoms with E-state index in [1.807, 2.05) is 22.7 Å². The number of urea groups is 1. The Hall–Kier alpha value is -3.42. The molecule has 11 heteroatoms. The van der Waals surface area contributed by atoms with Crippen molar-refractivity contribution < 1.29 is 14.6 Å². The van der Waals surface area contributed by atoms with Crippen molar-refractivity contribution in [1.82, 2.24) is 19.5 Å². The number of aromatic nitrogens is 3. The monoisotopic (exact) mass is 585 g/mol. The lowest BCUT2D eigenvalue weighted by atomic mass is 10.1. The molecule has 1 saturated heterocycles. The standard InChI is InChI=1S/C24H24IN7O3/c25-20-10-15(4-5-21(20)30-24(34)29-16-2-1-3-18(33)11-16)19-12-17(13-31-6-8-35-9-7-31)32-22(19)23(26)27-14-28-32/h1-5,10-12,14,33H,6-9,13H2,(H2,26,27,28)(H2,29,30,34). The van der Waals surface area contributed by atoms with Crippen LogP contribution in [0.3, 0.4) is 0 Å². The molecule has 3 heterocycles. The van der Waals surface area contributed by atoms with Crippen molar-refractivity contribution in [3.63, 3.8) is 0 Å². The quantitative estimate of drug-likeness (QED) is 0.263. The number of carbonyl (C=O) groups excluding carboxylic acids is 1. The van der Waals surface area contributed by atoms with E-state index >= 15 is 0 Å². The first kappa shape index (κ1) is 23.3. The van der Waals surface area contributed by atoms with Crippen LogP contribution in [0.1, 0.15) is 5.69 Å². The highest BCUT2D eigenvalue weighted by atomic mass is 127. The van der Waals surface area contributed by atoms with Gasteiger partial charge in [-0.25, -0.2) is 14.3 Å². The molecule has 0 saturated carbocycles. The summed E-state index contributed by atoms with van der Waals surface area (Å²) in [6.45, 7) is 3.91. The number of aromatic hydroxyl groups is 1. The van der Waals surface area contributed by atoms with Crippen LogP contribution in [0.15, 0.2) is 54.9 Å². The normalized spacial score (nSPS) is 14.2. The van der Waals surface area contributed by atoms with Gasteiger partial charge in [-0.3, -0.25) is 4.90 Å². The van der Waals surface area contributed by atoms with E-state index in [-0.39, 0.29) is 5.75 Å². The number of benzene rings is 2. The van der Waals surface area contributed by atoms with Crippen LogP contribution in [0.4, 0.5) is 22.0 Å². The summed E-state index contributed by atoms with van der Waals surface area (Å²) >= 11 is 2.19. The van der Waals surface area contributed by atoms with Gasteiger partial charge in [-0.15, -0.1) is 0 Å². The largest absolute Gasteiger partial charge is 0.508 e. The minimum Gasteiger partial charge on any atom is -0.508 e. The first-order valence-corrected chi connectivity index (χ1v) is 12.1. The van der Waals surface area contributed by atoms with Crippen LogP contribution in [0.5, 0.6) is 5.75 Å². The lowest BCUT2D eigenvalue weighted by Gasteiger charge is -2.26. The Morgan fingerprint density at radius 1 is 1.14 bits per heavy atom. The first-order chi connectivity index (χ1) is 17.0. The molecule has 35 heavy (non-hydrogen) atoms. The molecule has 180 valence electrons. The number of halogens is 1. The molecule has 4 aromatic rings. The van der Waals surface area contributed by atoms with Crippen molar-refractivity contribution in [1.29, 1.82) is 0 Å². The van der Waals surface area contributed by atoms with Crippen LogP contribution in [0.25, 0.3) is 16.6 Å². The Kier molecular flexibility index (Phi) is 6.70. The van der Waals surface area contributed by atoms with Crippen LogP contribution < -0.4 is 16.4 Å². The van der Waals surface area contributed by atoms with E-state index in [4.69, 9.17) is 10.5 Å². The zero-order valence-corrected chi connectivity index (χ0v) is 20.9. The summed E-state index contributed by atoms with van der Waals surface area (Å²) in [5, 5.41) is 19.6. The number of carbonyl (C=O) groups is 1. The fourth-order valence-electron chi connectivity index (χ4n) is 4.11. The summed E-state index contributed by atoms with van der Waals surface area (Å²) in [6.07, 6.45) is 1.47. The van der Waals surface area contributed by atoms with Gasteiger partial charge in [0.05, 0.1) is 24.6 Å². The maximum atomic E-state index is 12.5. The number of rotatable bonds is 5. The molecular formula is C24H24IN7O3. The van der Waals surface area contributed by atoms with E-state index in [2.05, 4.69) is 54.3 Å². The number of nitrogens with zero attached hydrogens (tertiary/aromatic N) is 4. The van der Waals surface area contributed by atoms with Gasteiger partial charge in [0.2, 0.25) is 0 Å². The molecule has 0 spiro atoms. The number of fused-ring (bicyclic) bond motifs is 1. The zero-order valence-electron chi connectivity index (χ0n) is 18.7. The molecule has 2 amide bonds. The fraction of sp³-hybridized carbons (Fsp3) is 0.208. The Morgan fingerprint density at radius 3 is 2.74 bits per heavy atom. The second-order valence-electron chi connectivity index (χ2n) is 8.17. The van der Waals surface area contributed by atoms with Crippen molar-refractivity contribution >= 4 is 51.3 Å². The predicted octanol–water partition coefficient (Wildman–Crippen LogP) is 3.76. The SMILES string of the molecule is Nc1ncnn2c(CN3CCOCC3)cc(-c3ccc(NC(=O)Nc4cccc(O)c4)c(I)c3)c12. The molecule has 0 atom stereocenters. The topological polar surface area (TPSA) is 130 Å². The summed E-state index contributed by atoms with van der Waals surface area (Å²) in [5.74, 6) is 0.490. The van der Waals surface area contributed by atoms with E-state index in [0.717, 1.165) is 58.8 Å². The van der Waals surface area contributed by atoms with E-state index in [1.54, 1.807) is 18.2 Å². The van der Waals surface area contributed by atoms with Gasteiger partial charge in [0.1, 0.15) is 17.6 Å². The highest BCUT2D eigenvalue weighted by Crippen LogP contribution is 2.33. The van der Waals surface area contributed by atoms with Crippen LogP contribution in [0, 0.1) is 3.57 Å². The van der Waals surface area contributed by atoms with Crippen molar-refractivity contribution in [3.8, 4) is 16.9 Å². The molecule has 1 fully saturated rings. The molecule has 0 bridgehead atoms. The Labute approximate surface area is 215 Å². The minimum absolute atomic E-state index is 0.0813. The summed E-state index contributed by atoms with van der Waals surface area (Å²) in [7, 11) is 0. The Morgan fingerprint density at radius 2 is 1.97 bits per heavy atom. The number of phenols is 1. The van der Waals surface area contributed by atoms with Gasteiger partial charge >= 0.3 is 6.03 Å². The van der Waals surface area contributed by atoms with Crippen molar-refractivity contribution in [2.75, 3.05) is 42.7 Å². The second kappa shape index (κ2) is 10.1. The molecule has 0 aliphatic carbocycles. The number of hydrogen-bond acceptors (Lipinski definition) is 7. The third-order valence-corrected chi connectivity index (χ3v) is 6.67. The molecule has 10 nitrogen and oxygen atoms in total. The number of nitrogen functional groups attached to an aromatic ring is 1. The number of nitrogens with one attached hydrogen (secondary N) is 2. The van der Waals surface area contributed by atoms with Crippen molar-refractivity contribution in [3.05, 3.63) is 64.1 Å². The number of anilines is 3. The summed E-state index contributed by atoms with van der Waals surface area (Å²) in [4.78, 5) is 19.0. The number of morpholine rings is 1. The average Bonchev–Trinajstić information content (AvgIpc) is 3.20. The Balaban J connectivity index is 1.41. The molecule has 5 N–H and O–H groups in total. The highest BCUT2D eigenvalue weighted by Gasteiger charge is 2.19. The minimum atomic E-state index is -0.402. The average molecular weight is 585 g/mol. The number of amides is 2. The van der Waals surface area contributed by atoms with Gasteiger partial charge in [0, 0.05) is 40.5 Å². The summed E-state index contributed by atoms with van der Waals surface area (Å²) in [6, 6.07) is 13.9. The lowest BCUT2D eigenvalue weighted by molar-refractivity contribution is 0.0334. The van der Waals surface area contributed by atoms with E-state index in [9.17, 15) is 9.90 Å². The van der Waals surface area contributed by atoms with Crippen LogP contribution in [-0.4, -0.2) is 56.9 Å². The van der Waals surface area contributed by atoms with E-state index < -0.39 is 6.03 Å². The molecule has 1 aliphatic rings. The fourth-order valence-corrected chi connectivity index (χ4v) is 4.76. The Bertz CT molecular complexity index is 1390. The highest BCUT2D eigenvalue weighted by molar-refractivity contribution is 14.1. The number of ether oxygens (including phenoxy) is 1. The summed E-state index contributed by atoms with van der Waals surface area (Å²) < 4.78 is 8.18. The molecular weight excluding hydrogens is 561 g/mol. The molecule has 0 unspecified atom stereocenters. The maximum Gasteiger partial charge on any atom is 0.323 e. The van der Waals surface area contributed by atoms with Gasteiger partial charge in [0.25, 0.3) is 0 Å². The zero-order chi connectivity index (χ0) is 24.4. The van der Waals surface area contributed by atoms with Gasteiger partial charge in [0.15, 0.2) is 5.82 Å². The lowest BCUT2D eigenvalue weighted by Crippen LogP contribution is -2.36. The predicted molar refractivity (Wildman–Crippen MR) is 142 cm³/mol. The van der Waals surface area contributed by atoms with E-state index in [1.165, 1.54) is 12.4 Å². The third kappa shape index (κ3) is 5.16. The number of hydrogen-bond donors (Lipinski definition) is 4. The molecule has 0 radical (unpaired) electrons. The smallest absolute Gasteiger partial charge is 0.323 e. The molecule has 1 aliphatic heterocycles. The van der Waals surface area contributed by atoms with Crippen molar-refractivity contribution in [2.24, 2.45) is 0 Å². The number of nitrogens with two attached hydrogens (primary N) is 1. The van der Waals surface area contributed by atoms with Gasteiger partial charge in [-0.2, -0.15) is 5.10 Å². The second-order valence-corrected chi connectivity index (χ2v) is 9.33. The van der Waals surface area contributed by atoms with Crippen LogP contribution in [-0.2, 0) is 11.3 Å². The summed E-state index contributed by atoms with van der Waals surface area (Å²) in [5.41, 5.74) is 11.1.